The average Bonchev–Trinajstić information content (AvgIpc) is 2.88. The van der Waals surface area contributed by atoms with Gasteiger partial charge in [-0.2, -0.15) is 18.3 Å². The summed E-state index contributed by atoms with van der Waals surface area (Å²) in [6, 6.07) is 5.40. The van der Waals surface area contributed by atoms with Gasteiger partial charge in [-0.25, -0.2) is 4.39 Å². The zero-order valence-corrected chi connectivity index (χ0v) is 11.3. The maximum atomic E-state index is 13.4. The molecule has 2 atom stereocenters. The fourth-order valence-electron chi connectivity index (χ4n) is 2.15. The number of nitrogens with two attached hydrogens (primary N) is 1. The summed E-state index contributed by atoms with van der Waals surface area (Å²) in [4.78, 5) is 0. The molecule has 1 aromatic heterocycles. The first-order chi connectivity index (χ1) is 9.82. The molecule has 0 spiro atoms. The molecule has 0 aliphatic carbocycles. The molecular formula is C14H15F4N3. The molecule has 0 bridgehead atoms. The smallest absolute Gasteiger partial charge is 0.326 e. The number of hydrogen-bond donors (Lipinski definition) is 1. The molecule has 0 radical (unpaired) electrons. The summed E-state index contributed by atoms with van der Waals surface area (Å²) in [5.41, 5.74) is 5.48. The fourth-order valence-corrected chi connectivity index (χ4v) is 2.15. The predicted molar refractivity (Wildman–Crippen MR) is 70.0 cm³/mol. The van der Waals surface area contributed by atoms with Gasteiger partial charge < -0.3 is 5.73 Å². The molecule has 0 saturated carbocycles. The van der Waals surface area contributed by atoms with Gasteiger partial charge in [0.05, 0.1) is 6.04 Å². The highest BCUT2D eigenvalue weighted by molar-refractivity contribution is 5.23. The van der Waals surface area contributed by atoms with E-state index in [0.29, 0.717) is 12.0 Å². The molecule has 2 N–H and O–H groups in total. The number of benzene rings is 1. The van der Waals surface area contributed by atoms with Crippen LogP contribution in [0.1, 0.15) is 30.6 Å². The Morgan fingerprint density at radius 2 is 2.00 bits per heavy atom. The molecule has 2 rings (SSSR count). The first-order valence-corrected chi connectivity index (χ1v) is 6.46. The van der Waals surface area contributed by atoms with Crippen LogP contribution in [0.4, 0.5) is 17.6 Å². The largest absolute Gasteiger partial charge is 0.435 e. The van der Waals surface area contributed by atoms with Gasteiger partial charge in [0.25, 0.3) is 0 Å². The summed E-state index contributed by atoms with van der Waals surface area (Å²) in [6.07, 6.45) is -2.79. The Balaban J connectivity index is 2.44. The topological polar surface area (TPSA) is 43.8 Å². The molecule has 0 fully saturated rings. The van der Waals surface area contributed by atoms with Crippen molar-refractivity contribution < 1.29 is 17.6 Å². The van der Waals surface area contributed by atoms with Crippen molar-refractivity contribution in [1.82, 2.24) is 9.78 Å². The van der Waals surface area contributed by atoms with E-state index in [2.05, 4.69) is 5.10 Å². The molecule has 0 saturated heterocycles. The summed E-state index contributed by atoms with van der Waals surface area (Å²) in [5, 5.41) is 3.55. The van der Waals surface area contributed by atoms with E-state index in [9.17, 15) is 17.6 Å². The molecule has 0 amide bonds. The van der Waals surface area contributed by atoms with Gasteiger partial charge in [-0.1, -0.05) is 19.1 Å². The lowest BCUT2D eigenvalue weighted by atomic mass is 9.98. The third kappa shape index (κ3) is 3.41. The van der Waals surface area contributed by atoms with Crippen molar-refractivity contribution in [2.45, 2.75) is 31.6 Å². The number of alkyl halides is 3. The van der Waals surface area contributed by atoms with Crippen molar-refractivity contribution in [3.63, 3.8) is 0 Å². The molecule has 21 heavy (non-hydrogen) atoms. The second-order valence-electron chi connectivity index (χ2n) is 4.75. The lowest BCUT2D eigenvalue weighted by molar-refractivity contribution is -0.141. The van der Waals surface area contributed by atoms with Crippen molar-refractivity contribution in [2.75, 3.05) is 0 Å². The molecule has 2 unspecified atom stereocenters. The Kier molecular flexibility index (Phi) is 4.32. The van der Waals surface area contributed by atoms with Crippen LogP contribution in [-0.2, 0) is 6.18 Å². The van der Waals surface area contributed by atoms with Crippen LogP contribution in [-0.4, -0.2) is 15.8 Å². The standard InChI is InChI=1S/C14H15F4N3/c1-2-11(19)13(9-4-3-5-10(15)8-9)21-7-6-12(20-21)14(16,17)18/h3-8,11,13H,2,19H2,1H3. The van der Waals surface area contributed by atoms with E-state index in [1.165, 1.54) is 24.4 Å². The number of hydrogen-bond acceptors (Lipinski definition) is 2. The SMILES string of the molecule is CCC(N)C(c1cccc(F)c1)n1ccc(C(F)(F)F)n1. The fraction of sp³-hybridized carbons (Fsp3) is 0.357. The monoisotopic (exact) mass is 301 g/mol. The van der Waals surface area contributed by atoms with Crippen LogP contribution in [0.25, 0.3) is 0 Å². The third-order valence-electron chi connectivity index (χ3n) is 3.25. The Bertz CT molecular complexity index is 606. The maximum Gasteiger partial charge on any atom is 0.435 e. The van der Waals surface area contributed by atoms with Crippen molar-refractivity contribution in [1.29, 1.82) is 0 Å². The van der Waals surface area contributed by atoms with E-state index in [0.717, 1.165) is 10.7 Å². The Morgan fingerprint density at radius 3 is 2.52 bits per heavy atom. The first kappa shape index (κ1) is 15.5. The number of halogens is 4. The van der Waals surface area contributed by atoms with E-state index in [1.807, 2.05) is 6.92 Å². The van der Waals surface area contributed by atoms with Gasteiger partial charge >= 0.3 is 6.18 Å². The maximum absolute atomic E-state index is 13.4. The van der Waals surface area contributed by atoms with Crippen LogP contribution in [0.2, 0.25) is 0 Å². The van der Waals surface area contributed by atoms with Gasteiger partial charge in [-0.3, -0.25) is 4.68 Å². The van der Waals surface area contributed by atoms with E-state index >= 15 is 0 Å². The molecule has 7 heteroatoms. The molecule has 1 aromatic carbocycles. The van der Waals surface area contributed by atoms with Crippen LogP contribution >= 0.6 is 0 Å². The molecular weight excluding hydrogens is 286 g/mol. The van der Waals surface area contributed by atoms with Gasteiger partial charge in [0.1, 0.15) is 5.82 Å². The second-order valence-corrected chi connectivity index (χ2v) is 4.75. The van der Waals surface area contributed by atoms with E-state index in [1.54, 1.807) is 6.07 Å². The predicted octanol–water partition coefficient (Wildman–Crippen LogP) is 3.37. The highest BCUT2D eigenvalue weighted by atomic mass is 19.4. The minimum Gasteiger partial charge on any atom is -0.326 e. The molecule has 0 aliphatic heterocycles. The van der Waals surface area contributed by atoms with Crippen molar-refractivity contribution in [2.24, 2.45) is 5.73 Å². The van der Waals surface area contributed by atoms with Crippen LogP contribution in [0.5, 0.6) is 0 Å². The van der Waals surface area contributed by atoms with Gasteiger partial charge in [-0.15, -0.1) is 0 Å². The number of aromatic nitrogens is 2. The minimum absolute atomic E-state index is 0.469. The summed E-state index contributed by atoms with van der Waals surface area (Å²) in [6.45, 7) is 1.81. The lowest BCUT2D eigenvalue weighted by Crippen LogP contribution is -2.33. The van der Waals surface area contributed by atoms with E-state index in [-0.39, 0.29) is 0 Å². The zero-order chi connectivity index (χ0) is 15.6. The van der Waals surface area contributed by atoms with Gasteiger partial charge in [0.2, 0.25) is 0 Å². The summed E-state index contributed by atoms with van der Waals surface area (Å²) in [7, 11) is 0. The molecule has 114 valence electrons. The van der Waals surface area contributed by atoms with Gasteiger partial charge in [-0.05, 0) is 30.2 Å². The Morgan fingerprint density at radius 1 is 1.29 bits per heavy atom. The quantitative estimate of drug-likeness (QED) is 0.880. The highest BCUT2D eigenvalue weighted by Crippen LogP contribution is 2.30. The van der Waals surface area contributed by atoms with Crippen molar-refractivity contribution in [3.8, 4) is 0 Å². The van der Waals surface area contributed by atoms with E-state index < -0.39 is 29.8 Å². The summed E-state index contributed by atoms with van der Waals surface area (Å²) in [5.74, 6) is -0.469. The van der Waals surface area contributed by atoms with Crippen LogP contribution in [0, 0.1) is 5.82 Å². The molecule has 3 nitrogen and oxygen atoms in total. The first-order valence-electron chi connectivity index (χ1n) is 6.46. The van der Waals surface area contributed by atoms with E-state index in [4.69, 9.17) is 5.73 Å². The zero-order valence-electron chi connectivity index (χ0n) is 11.3. The van der Waals surface area contributed by atoms with Crippen molar-refractivity contribution >= 4 is 0 Å². The van der Waals surface area contributed by atoms with Crippen LogP contribution in [0.3, 0.4) is 0 Å². The summed E-state index contributed by atoms with van der Waals surface area (Å²) < 4.78 is 52.4. The molecule has 0 aliphatic rings. The molecule has 1 heterocycles. The number of rotatable bonds is 4. The van der Waals surface area contributed by atoms with Gasteiger partial charge in [0.15, 0.2) is 5.69 Å². The number of nitrogens with zero attached hydrogens (tertiary/aromatic N) is 2. The normalized spacial score (nSPS) is 15.0. The molecule has 2 aromatic rings. The summed E-state index contributed by atoms with van der Waals surface area (Å²) >= 11 is 0. The Labute approximate surface area is 119 Å². The lowest BCUT2D eigenvalue weighted by Gasteiger charge is -2.24. The van der Waals surface area contributed by atoms with Crippen LogP contribution in [0.15, 0.2) is 36.5 Å². The van der Waals surface area contributed by atoms with Crippen LogP contribution < -0.4 is 5.73 Å². The van der Waals surface area contributed by atoms with Crippen molar-refractivity contribution in [3.05, 3.63) is 53.6 Å². The minimum atomic E-state index is -4.52. The van der Waals surface area contributed by atoms with Gasteiger partial charge in [0, 0.05) is 12.2 Å². The Hall–Kier alpha value is -1.89. The average molecular weight is 301 g/mol. The highest BCUT2D eigenvalue weighted by Gasteiger charge is 2.34. The third-order valence-corrected chi connectivity index (χ3v) is 3.25. The second kappa shape index (κ2) is 5.85.